The van der Waals surface area contributed by atoms with Crippen LogP contribution >= 0.6 is 23.2 Å². The van der Waals surface area contributed by atoms with E-state index in [4.69, 9.17) is 47.8 Å². The van der Waals surface area contributed by atoms with Crippen molar-refractivity contribution in [1.29, 1.82) is 0 Å². The molecule has 0 bridgehead atoms. The summed E-state index contributed by atoms with van der Waals surface area (Å²) in [6.07, 6.45) is 1.18. The number of aliphatic hydroxyl groups excluding tert-OH is 2. The zero-order chi connectivity index (χ0) is 15.5. The van der Waals surface area contributed by atoms with Crippen molar-refractivity contribution in [2.45, 2.75) is 20.3 Å². The van der Waals surface area contributed by atoms with Crippen LogP contribution in [-0.4, -0.2) is 58.4 Å². The monoisotopic (exact) mass is 337 g/mol. The molecule has 0 heterocycles. The summed E-state index contributed by atoms with van der Waals surface area (Å²) in [7, 11) is 0. The molecule has 0 aliphatic heterocycles. The molecule has 10 heteroatoms. The van der Waals surface area contributed by atoms with E-state index < -0.39 is 10.9 Å². The summed E-state index contributed by atoms with van der Waals surface area (Å²) in [6, 6.07) is 0. The van der Waals surface area contributed by atoms with E-state index in [1.165, 1.54) is 0 Å². The predicted molar refractivity (Wildman–Crippen MR) is 71.1 cm³/mol. The second-order valence-electron chi connectivity index (χ2n) is 2.43. The van der Waals surface area contributed by atoms with E-state index in [1.54, 1.807) is 0 Å². The highest BCUT2D eigenvalue weighted by atomic mass is 35.5. The minimum Gasteiger partial charge on any atom is -0.453 e. The highest BCUT2D eigenvalue weighted by Crippen LogP contribution is 1.91. The first kappa shape index (κ1) is 27.2. The van der Waals surface area contributed by atoms with E-state index >= 15 is 0 Å². The number of ether oxygens (including phenoxy) is 2. The van der Waals surface area contributed by atoms with E-state index in [-0.39, 0.29) is 40.0 Å². The van der Waals surface area contributed by atoms with Crippen LogP contribution in [0.1, 0.15) is 20.3 Å². The molecule has 0 aliphatic carbocycles. The molecule has 3 N–H and O–H groups in total. The summed E-state index contributed by atoms with van der Waals surface area (Å²) in [5.41, 5.74) is -1.48. The van der Waals surface area contributed by atoms with Gasteiger partial charge in [0.1, 0.15) is 0 Å². The fourth-order valence-corrected chi connectivity index (χ4v) is 0.593. The normalized spacial score (nSPS) is 7.40. The Balaban J connectivity index is -0.000000120. The predicted octanol–water partition coefficient (Wildman–Crippen LogP) is 0.881. The van der Waals surface area contributed by atoms with Gasteiger partial charge in [0.2, 0.25) is 0 Å². The van der Waals surface area contributed by atoms with E-state index in [1.807, 2.05) is 0 Å². The molecule has 0 saturated heterocycles. The summed E-state index contributed by atoms with van der Waals surface area (Å²) >= 11 is 9.77. The van der Waals surface area contributed by atoms with Gasteiger partial charge in [-0.1, -0.05) is 7.43 Å². The molecule has 0 atom stereocenters. The quantitative estimate of drug-likeness (QED) is 0.417. The highest BCUT2D eigenvalue weighted by Gasteiger charge is 2.05. The summed E-state index contributed by atoms with van der Waals surface area (Å²) in [5, 5.41) is 15.8. The maximum absolute atomic E-state index is 9.96. The summed E-state index contributed by atoms with van der Waals surface area (Å²) in [6.45, 7) is 0.513. The van der Waals surface area contributed by atoms with Gasteiger partial charge in [0.15, 0.2) is 6.61 Å². The number of halogens is 2. The first-order valence-electron chi connectivity index (χ1n) is 4.83. The Hall–Kier alpha value is -1.18. The molecule has 0 aromatic heterocycles. The fourth-order valence-electron chi connectivity index (χ4n) is 0.438. The first-order chi connectivity index (χ1) is 8.95. The largest absolute Gasteiger partial charge is 0.591 e. The topological polar surface area (TPSA) is 132 Å². The Bertz CT molecular complexity index is 236. The van der Waals surface area contributed by atoms with Gasteiger partial charge in [-0.3, -0.25) is 0 Å². The molecule has 0 aromatic carbocycles. The molecule has 0 spiro atoms. The Labute approximate surface area is 126 Å². The van der Waals surface area contributed by atoms with Crippen LogP contribution in [0.5, 0.6) is 0 Å². The lowest BCUT2D eigenvalue weighted by atomic mass is 10.5. The zero-order valence-corrected chi connectivity index (χ0v) is 11.4. The average Bonchev–Trinajstić information content (AvgIpc) is 2.30. The molecule has 0 aliphatic rings. The van der Waals surface area contributed by atoms with Gasteiger partial charge in [-0.05, 0) is 6.42 Å². The SMILES string of the molecule is C.O=C(Cl)OCCCOC(=[OH+])Cl.O=C=O.OCCCO. The van der Waals surface area contributed by atoms with E-state index in [0.717, 1.165) is 0 Å². The van der Waals surface area contributed by atoms with Gasteiger partial charge in [-0.25, -0.2) is 4.79 Å². The van der Waals surface area contributed by atoms with Crippen LogP contribution in [0.15, 0.2) is 0 Å². The van der Waals surface area contributed by atoms with Crippen molar-refractivity contribution < 1.29 is 38.9 Å². The summed E-state index contributed by atoms with van der Waals surface area (Å²) in [4.78, 5) is 34.5. The van der Waals surface area contributed by atoms with E-state index in [2.05, 4.69) is 9.47 Å². The zero-order valence-electron chi connectivity index (χ0n) is 9.88. The molecule has 0 fully saturated rings. The molecule has 0 radical (unpaired) electrons. The molecular formula is C10H19Cl2O8+. The van der Waals surface area contributed by atoms with Gasteiger partial charge in [0, 0.05) is 31.2 Å². The second-order valence-corrected chi connectivity index (χ2v) is 3.06. The number of rotatable bonds is 6. The molecule has 0 rings (SSSR count). The van der Waals surface area contributed by atoms with Gasteiger partial charge in [0.25, 0.3) is 0 Å². The van der Waals surface area contributed by atoms with Crippen LogP contribution in [0.3, 0.4) is 0 Å². The fraction of sp³-hybridized carbons (Fsp3) is 0.700. The molecule has 0 aromatic rings. The Morgan fingerprint density at radius 3 is 1.70 bits per heavy atom. The maximum atomic E-state index is 9.96. The molecule has 0 unspecified atom stereocenters. The van der Waals surface area contributed by atoms with Crippen molar-refractivity contribution in [3.63, 3.8) is 0 Å². The third-order valence-electron chi connectivity index (χ3n) is 1.04. The lowest BCUT2D eigenvalue weighted by molar-refractivity contribution is -0.191. The Kier molecular flexibility index (Phi) is 35.9. The molecule has 20 heavy (non-hydrogen) atoms. The van der Waals surface area contributed by atoms with Crippen molar-refractivity contribution in [2.75, 3.05) is 26.4 Å². The smallest absolute Gasteiger partial charge is 0.453 e. The number of carbonyl (C=O) groups is 1. The van der Waals surface area contributed by atoms with Gasteiger partial charge >= 0.3 is 17.0 Å². The lowest BCUT2D eigenvalue weighted by Crippen LogP contribution is -2.03. The van der Waals surface area contributed by atoms with Gasteiger partial charge in [-0.2, -0.15) is 9.59 Å². The second kappa shape index (κ2) is 26.4. The Morgan fingerprint density at radius 1 is 1.05 bits per heavy atom. The molecular weight excluding hydrogens is 319 g/mol. The van der Waals surface area contributed by atoms with Gasteiger partial charge in [-0.15, -0.1) is 0 Å². The molecule has 0 saturated carbocycles. The third kappa shape index (κ3) is 54.1. The van der Waals surface area contributed by atoms with Crippen molar-refractivity contribution >= 4 is 40.2 Å². The van der Waals surface area contributed by atoms with E-state index in [9.17, 15) is 4.79 Å². The summed E-state index contributed by atoms with van der Waals surface area (Å²) < 4.78 is 8.76. The minimum atomic E-state index is -0.857. The molecule has 8 nitrogen and oxygen atoms in total. The first-order valence-corrected chi connectivity index (χ1v) is 5.59. The number of carbonyl (C=O) groups excluding carboxylic acids is 4. The van der Waals surface area contributed by atoms with E-state index in [0.29, 0.717) is 12.8 Å². The van der Waals surface area contributed by atoms with Gasteiger partial charge in [0.05, 0.1) is 18.2 Å². The third-order valence-corrected chi connectivity index (χ3v) is 1.26. The lowest BCUT2D eigenvalue weighted by Gasteiger charge is -1.95. The van der Waals surface area contributed by atoms with Crippen LogP contribution in [0.25, 0.3) is 0 Å². The Morgan fingerprint density at radius 2 is 1.45 bits per heavy atom. The molecule has 0 amide bonds. The van der Waals surface area contributed by atoms with Crippen molar-refractivity contribution in [2.24, 2.45) is 0 Å². The van der Waals surface area contributed by atoms with Crippen molar-refractivity contribution in [3.05, 3.63) is 0 Å². The summed E-state index contributed by atoms with van der Waals surface area (Å²) in [5.74, 6) is 0. The highest BCUT2D eigenvalue weighted by molar-refractivity contribution is 6.61. The standard InChI is InChI=1S/C5H6Cl2O4.C3H8O2.CO2.CH4/c6-4(8)10-2-1-3-11-5(7)9;4-2-1-3-5;2-1-3;/h1-3H2;4-5H,1-3H2;;1H4/p+1. The van der Waals surface area contributed by atoms with Crippen molar-refractivity contribution in [1.82, 2.24) is 0 Å². The van der Waals surface area contributed by atoms with Gasteiger partial charge < -0.3 is 24.5 Å². The minimum absolute atomic E-state index is 0. The van der Waals surface area contributed by atoms with Crippen LogP contribution in [0, 0.1) is 0 Å². The number of aliphatic hydroxyl groups is 2. The maximum Gasteiger partial charge on any atom is 0.591 e. The van der Waals surface area contributed by atoms with Crippen molar-refractivity contribution in [3.8, 4) is 0 Å². The molecule has 120 valence electrons. The van der Waals surface area contributed by atoms with Crippen LogP contribution in [-0.2, 0) is 19.1 Å². The van der Waals surface area contributed by atoms with Crippen LogP contribution in [0.2, 0.25) is 0 Å². The number of hydrogen-bond acceptors (Lipinski definition) is 7. The van der Waals surface area contributed by atoms with Crippen LogP contribution in [0.4, 0.5) is 4.79 Å². The number of hydrogen-bond donors (Lipinski definition) is 2. The average molecular weight is 338 g/mol. The van der Waals surface area contributed by atoms with Crippen LogP contribution < -0.4 is 0 Å².